The molecule has 3 rings (SSSR count). The molecule has 2 aromatic rings. The highest BCUT2D eigenvalue weighted by atomic mass is 16.5. The van der Waals surface area contributed by atoms with Crippen LogP contribution in [0.4, 0.5) is 16.3 Å². The Bertz CT molecular complexity index is 874. The lowest BCUT2D eigenvalue weighted by Crippen LogP contribution is -2.32. The van der Waals surface area contributed by atoms with Gasteiger partial charge in [-0.1, -0.05) is 37.3 Å². The van der Waals surface area contributed by atoms with Crippen molar-refractivity contribution in [2.45, 2.75) is 51.4 Å². The maximum absolute atomic E-state index is 12.4. The Balaban J connectivity index is 1.59. The molecule has 2 amide bonds. The minimum absolute atomic E-state index is 0.0229. The number of rotatable bonds is 6. The second-order valence-electron chi connectivity index (χ2n) is 7.40. The normalized spacial score (nSPS) is 19.5. The highest BCUT2D eigenvalue weighted by Crippen LogP contribution is 2.21. The van der Waals surface area contributed by atoms with Crippen LogP contribution in [0.5, 0.6) is 0 Å². The standard InChI is InChI=1S/C22H29N5O3/c1-3-19(15-7-5-4-6-8-15)26-22(28)27-20-12-18(23)17(13-25-20)21(24)30-16-9-10-29-14(2)11-16/h4-8,12-14,16,19,24H,3,9-11H2,1-2H3,(H4,23,25,26,27,28)/t14?,16?,19-/m1/s1. The number of nitrogens with zero attached hydrogens (tertiary/aromatic N) is 1. The molecule has 0 saturated carbocycles. The summed E-state index contributed by atoms with van der Waals surface area (Å²) in [6.07, 6.45) is 3.71. The fourth-order valence-electron chi connectivity index (χ4n) is 3.44. The van der Waals surface area contributed by atoms with Crippen LogP contribution < -0.4 is 16.4 Å². The van der Waals surface area contributed by atoms with E-state index in [0.29, 0.717) is 23.7 Å². The second kappa shape index (κ2) is 10.1. The molecule has 0 radical (unpaired) electrons. The molecule has 0 aliphatic carbocycles. The number of hydrogen-bond acceptors (Lipinski definition) is 6. The minimum atomic E-state index is -0.368. The fourth-order valence-corrected chi connectivity index (χ4v) is 3.44. The largest absolute Gasteiger partial charge is 0.474 e. The molecule has 1 aromatic carbocycles. The molecular weight excluding hydrogens is 382 g/mol. The predicted octanol–water partition coefficient (Wildman–Crippen LogP) is 3.85. The molecule has 8 heteroatoms. The number of nitrogen functional groups attached to an aromatic ring is 1. The Morgan fingerprint density at radius 1 is 1.40 bits per heavy atom. The first-order valence-corrected chi connectivity index (χ1v) is 10.2. The van der Waals surface area contributed by atoms with Crippen LogP contribution in [0.1, 0.15) is 50.3 Å². The maximum Gasteiger partial charge on any atom is 0.320 e. The first kappa shape index (κ1) is 21.6. The number of nitrogens with two attached hydrogens (primary N) is 1. The van der Waals surface area contributed by atoms with E-state index in [0.717, 1.165) is 24.8 Å². The molecule has 2 unspecified atom stereocenters. The molecule has 2 heterocycles. The minimum Gasteiger partial charge on any atom is -0.474 e. The number of anilines is 2. The van der Waals surface area contributed by atoms with Gasteiger partial charge in [-0.15, -0.1) is 0 Å². The molecule has 0 spiro atoms. The van der Waals surface area contributed by atoms with Gasteiger partial charge in [0.2, 0.25) is 5.90 Å². The van der Waals surface area contributed by atoms with E-state index in [9.17, 15) is 4.79 Å². The van der Waals surface area contributed by atoms with Crippen LogP contribution in [-0.4, -0.2) is 35.7 Å². The molecular formula is C22H29N5O3. The van der Waals surface area contributed by atoms with Gasteiger partial charge in [0, 0.05) is 30.8 Å². The van der Waals surface area contributed by atoms with Crippen LogP contribution in [0.3, 0.4) is 0 Å². The summed E-state index contributed by atoms with van der Waals surface area (Å²) in [7, 11) is 0. The van der Waals surface area contributed by atoms with E-state index in [2.05, 4.69) is 15.6 Å². The third-order valence-electron chi connectivity index (χ3n) is 5.06. The summed E-state index contributed by atoms with van der Waals surface area (Å²) >= 11 is 0. The number of carbonyl (C=O) groups excluding carboxylic acids is 1. The molecule has 8 nitrogen and oxygen atoms in total. The molecule has 1 aliphatic heterocycles. The third kappa shape index (κ3) is 5.70. The van der Waals surface area contributed by atoms with E-state index in [1.807, 2.05) is 44.2 Å². The monoisotopic (exact) mass is 411 g/mol. The van der Waals surface area contributed by atoms with Crippen molar-refractivity contribution in [1.82, 2.24) is 10.3 Å². The fraction of sp³-hybridized carbons (Fsp3) is 0.409. The molecule has 160 valence electrons. The summed E-state index contributed by atoms with van der Waals surface area (Å²) < 4.78 is 11.3. The number of pyridine rings is 1. The number of amides is 2. The third-order valence-corrected chi connectivity index (χ3v) is 5.06. The zero-order valence-electron chi connectivity index (χ0n) is 17.4. The molecule has 30 heavy (non-hydrogen) atoms. The average molecular weight is 412 g/mol. The number of carbonyl (C=O) groups is 1. The Morgan fingerprint density at radius 3 is 2.83 bits per heavy atom. The first-order valence-electron chi connectivity index (χ1n) is 10.2. The second-order valence-corrected chi connectivity index (χ2v) is 7.40. The zero-order chi connectivity index (χ0) is 21.5. The Kier molecular flexibility index (Phi) is 7.24. The van der Waals surface area contributed by atoms with Crippen LogP contribution in [-0.2, 0) is 9.47 Å². The van der Waals surface area contributed by atoms with Gasteiger partial charge in [-0.3, -0.25) is 10.7 Å². The summed E-state index contributed by atoms with van der Waals surface area (Å²) in [5.74, 6) is 0.286. The van der Waals surface area contributed by atoms with Gasteiger partial charge >= 0.3 is 6.03 Å². The number of urea groups is 1. The van der Waals surface area contributed by atoms with Crippen molar-refractivity contribution in [2.24, 2.45) is 0 Å². The maximum atomic E-state index is 12.4. The van der Waals surface area contributed by atoms with E-state index in [1.54, 1.807) is 0 Å². The highest BCUT2D eigenvalue weighted by molar-refractivity contribution is 5.98. The lowest BCUT2D eigenvalue weighted by molar-refractivity contribution is -0.0291. The Morgan fingerprint density at radius 2 is 2.17 bits per heavy atom. The average Bonchev–Trinajstić information content (AvgIpc) is 2.72. The Labute approximate surface area is 176 Å². The SMILES string of the molecule is CC[C@@H](NC(=O)Nc1cc(N)c(C(=N)OC2CCOC(C)C2)cn1)c1ccccc1. The molecule has 1 fully saturated rings. The van der Waals surface area contributed by atoms with Crippen molar-refractivity contribution in [2.75, 3.05) is 17.7 Å². The van der Waals surface area contributed by atoms with Crippen LogP contribution in [0.15, 0.2) is 42.6 Å². The molecule has 1 aromatic heterocycles. The number of benzene rings is 1. The topological polar surface area (TPSA) is 122 Å². The summed E-state index contributed by atoms with van der Waals surface area (Å²) in [6.45, 7) is 4.61. The van der Waals surface area contributed by atoms with E-state index in [1.165, 1.54) is 12.3 Å². The van der Waals surface area contributed by atoms with Crippen LogP contribution in [0.25, 0.3) is 0 Å². The van der Waals surface area contributed by atoms with Crippen molar-refractivity contribution in [3.05, 3.63) is 53.7 Å². The van der Waals surface area contributed by atoms with Crippen molar-refractivity contribution < 1.29 is 14.3 Å². The van der Waals surface area contributed by atoms with Gasteiger partial charge in [0.05, 0.1) is 24.3 Å². The molecule has 3 atom stereocenters. The van der Waals surface area contributed by atoms with Gasteiger partial charge in [-0.25, -0.2) is 9.78 Å². The lowest BCUT2D eigenvalue weighted by atomic mass is 10.1. The van der Waals surface area contributed by atoms with Crippen LogP contribution in [0, 0.1) is 5.41 Å². The van der Waals surface area contributed by atoms with Crippen molar-refractivity contribution in [3.63, 3.8) is 0 Å². The molecule has 5 N–H and O–H groups in total. The highest BCUT2D eigenvalue weighted by Gasteiger charge is 2.23. The quantitative estimate of drug-likeness (QED) is 0.425. The number of nitrogens with one attached hydrogen (secondary N) is 3. The van der Waals surface area contributed by atoms with E-state index >= 15 is 0 Å². The van der Waals surface area contributed by atoms with Crippen molar-refractivity contribution >= 4 is 23.4 Å². The van der Waals surface area contributed by atoms with Crippen LogP contribution >= 0.6 is 0 Å². The smallest absolute Gasteiger partial charge is 0.320 e. The van der Waals surface area contributed by atoms with Gasteiger partial charge < -0.3 is 20.5 Å². The van der Waals surface area contributed by atoms with Crippen molar-refractivity contribution in [3.8, 4) is 0 Å². The van der Waals surface area contributed by atoms with Gasteiger partial charge in [0.1, 0.15) is 11.9 Å². The van der Waals surface area contributed by atoms with E-state index in [-0.39, 0.29) is 30.2 Å². The van der Waals surface area contributed by atoms with Gasteiger partial charge in [0.25, 0.3) is 0 Å². The van der Waals surface area contributed by atoms with Gasteiger partial charge in [0.15, 0.2) is 0 Å². The summed E-state index contributed by atoms with van der Waals surface area (Å²) in [5.41, 5.74) is 7.84. The molecule has 1 saturated heterocycles. The van der Waals surface area contributed by atoms with Crippen molar-refractivity contribution in [1.29, 1.82) is 5.41 Å². The summed E-state index contributed by atoms with van der Waals surface area (Å²) in [5, 5.41) is 13.9. The molecule has 0 bridgehead atoms. The van der Waals surface area contributed by atoms with Gasteiger partial charge in [-0.05, 0) is 18.9 Å². The lowest BCUT2D eigenvalue weighted by Gasteiger charge is -2.28. The van der Waals surface area contributed by atoms with E-state index in [4.69, 9.17) is 20.6 Å². The first-order chi connectivity index (χ1) is 14.5. The van der Waals surface area contributed by atoms with E-state index < -0.39 is 0 Å². The zero-order valence-corrected chi connectivity index (χ0v) is 17.4. The summed E-state index contributed by atoms with van der Waals surface area (Å²) in [6, 6.07) is 10.8. The number of ether oxygens (including phenoxy) is 2. The number of aromatic nitrogens is 1. The number of hydrogen-bond donors (Lipinski definition) is 4. The van der Waals surface area contributed by atoms with Gasteiger partial charge in [-0.2, -0.15) is 0 Å². The summed E-state index contributed by atoms with van der Waals surface area (Å²) in [4.78, 5) is 16.6. The predicted molar refractivity (Wildman–Crippen MR) is 117 cm³/mol. The van der Waals surface area contributed by atoms with Crippen LogP contribution in [0.2, 0.25) is 0 Å². The Hall–Kier alpha value is -3.13. The molecule has 1 aliphatic rings.